The Morgan fingerprint density at radius 2 is 2.08 bits per heavy atom. The van der Waals surface area contributed by atoms with Crippen LogP contribution < -0.4 is 5.32 Å². The van der Waals surface area contributed by atoms with Crippen molar-refractivity contribution >= 4 is 17.2 Å². The van der Waals surface area contributed by atoms with E-state index in [2.05, 4.69) is 50.4 Å². The number of hydrogen-bond donors (Lipinski definition) is 1. The van der Waals surface area contributed by atoms with E-state index in [0.717, 1.165) is 30.7 Å². The Bertz CT molecular complexity index is 708. The van der Waals surface area contributed by atoms with Gasteiger partial charge in [0.1, 0.15) is 0 Å². The summed E-state index contributed by atoms with van der Waals surface area (Å²) in [4.78, 5) is 13.1. The summed E-state index contributed by atoms with van der Waals surface area (Å²) in [6.45, 7) is 8.06. The smallest absolute Gasteiger partial charge is 0.261 e. The maximum absolute atomic E-state index is 12.3. The molecule has 3 nitrogen and oxygen atoms in total. The van der Waals surface area contributed by atoms with E-state index in [1.165, 1.54) is 22.5 Å². The third-order valence-corrected chi connectivity index (χ3v) is 6.41. The van der Waals surface area contributed by atoms with Gasteiger partial charge < -0.3 is 10.1 Å². The molecule has 0 radical (unpaired) electrons. The number of thiophene rings is 1. The van der Waals surface area contributed by atoms with Crippen LogP contribution in [0.4, 0.5) is 0 Å². The standard InChI is InChI=1S/C22H29NO2S/c1-16(2)19-15-22(11-13-25-19,18-8-6-17(3)7-9-18)10-12-23-21(24)20-5-4-14-26-20/h4-9,14,16,19H,10-13,15H2,1-3H3,(H,23,24)/t19-,22+/m1/s1. The Balaban J connectivity index is 1.74. The largest absolute Gasteiger partial charge is 0.378 e. The van der Waals surface area contributed by atoms with Crippen LogP contribution in [0.1, 0.15) is 53.9 Å². The lowest BCUT2D eigenvalue weighted by molar-refractivity contribution is -0.0468. The van der Waals surface area contributed by atoms with E-state index in [-0.39, 0.29) is 17.4 Å². The summed E-state index contributed by atoms with van der Waals surface area (Å²) in [5.41, 5.74) is 2.73. The Labute approximate surface area is 160 Å². The van der Waals surface area contributed by atoms with Gasteiger partial charge in [-0.1, -0.05) is 49.7 Å². The Hall–Kier alpha value is -1.65. The molecule has 1 N–H and O–H groups in total. The molecule has 0 spiro atoms. The second-order valence-corrected chi connectivity index (χ2v) is 8.68. The number of rotatable bonds is 6. The molecular weight excluding hydrogens is 342 g/mol. The number of ether oxygens (including phenoxy) is 1. The molecule has 1 amide bonds. The van der Waals surface area contributed by atoms with Gasteiger partial charge in [-0.15, -0.1) is 11.3 Å². The van der Waals surface area contributed by atoms with Crippen LogP contribution in [0.5, 0.6) is 0 Å². The van der Waals surface area contributed by atoms with Crippen molar-refractivity contribution in [3.8, 4) is 0 Å². The second-order valence-electron chi connectivity index (χ2n) is 7.74. The van der Waals surface area contributed by atoms with Crippen molar-refractivity contribution in [1.82, 2.24) is 5.32 Å². The molecule has 0 aliphatic carbocycles. The number of benzene rings is 1. The average Bonchev–Trinajstić information content (AvgIpc) is 3.17. The van der Waals surface area contributed by atoms with Crippen LogP contribution in [0.25, 0.3) is 0 Å². The molecule has 0 saturated carbocycles. The zero-order valence-electron chi connectivity index (χ0n) is 16.0. The molecular formula is C22H29NO2S. The Morgan fingerprint density at radius 1 is 1.31 bits per heavy atom. The zero-order chi connectivity index (χ0) is 18.6. The fourth-order valence-electron chi connectivity index (χ4n) is 3.83. The van der Waals surface area contributed by atoms with E-state index in [9.17, 15) is 4.79 Å². The summed E-state index contributed by atoms with van der Waals surface area (Å²) in [6, 6.07) is 12.7. The number of amides is 1. The van der Waals surface area contributed by atoms with E-state index < -0.39 is 0 Å². The molecule has 26 heavy (non-hydrogen) atoms. The van der Waals surface area contributed by atoms with Crippen LogP contribution in [-0.2, 0) is 10.2 Å². The molecule has 1 saturated heterocycles. The van der Waals surface area contributed by atoms with Crippen LogP contribution in [0, 0.1) is 12.8 Å². The van der Waals surface area contributed by atoms with Gasteiger partial charge in [0.05, 0.1) is 11.0 Å². The first-order valence-electron chi connectivity index (χ1n) is 9.51. The molecule has 4 heteroatoms. The van der Waals surface area contributed by atoms with Gasteiger partial charge in [-0.25, -0.2) is 0 Å². The predicted octanol–water partition coefficient (Wildman–Crippen LogP) is 4.95. The van der Waals surface area contributed by atoms with Crippen molar-refractivity contribution in [3.63, 3.8) is 0 Å². The minimum absolute atomic E-state index is 0.0338. The molecule has 0 bridgehead atoms. The minimum Gasteiger partial charge on any atom is -0.378 e. The molecule has 2 aromatic rings. The number of carbonyl (C=O) groups excluding carboxylic acids is 1. The van der Waals surface area contributed by atoms with Crippen molar-refractivity contribution in [1.29, 1.82) is 0 Å². The second kappa shape index (κ2) is 8.36. The van der Waals surface area contributed by atoms with Crippen LogP contribution in [0.2, 0.25) is 0 Å². The van der Waals surface area contributed by atoms with E-state index in [1.807, 2.05) is 17.5 Å². The highest BCUT2D eigenvalue weighted by atomic mass is 32.1. The molecule has 3 rings (SSSR count). The highest BCUT2D eigenvalue weighted by Crippen LogP contribution is 2.41. The van der Waals surface area contributed by atoms with Gasteiger partial charge in [0.2, 0.25) is 0 Å². The quantitative estimate of drug-likeness (QED) is 0.780. The molecule has 1 aliphatic heterocycles. The lowest BCUT2D eigenvalue weighted by Gasteiger charge is -2.43. The summed E-state index contributed by atoms with van der Waals surface area (Å²) in [5, 5.41) is 5.05. The van der Waals surface area contributed by atoms with Gasteiger partial charge >= 0.3 is 0 Å². The van der Waals surface area contributed by atoms with Crippen molar-refractivity contribution in [3.05, 3.63) is 57.8 Å². The molecule has 140 valence electrons. The zero-order valence-corrected chi connectivity index (χ0v) is 16.8. The highest BCUT2D eigenvalue weighted by molar-refractivity contribution is 7.12. The lowest BCUT2D eigenvalue weighted by atomic mass is 9.68. The van der Waals surface area contributed by atoms with Crippen molar-refractivity contribution in [2.45, 2.75) is 51.6 Å². The molecule has 1 aromatic carbocycles. The first-order valence-corrected chi connectivity index (χ1v) is 10.4. The van der Waals surface area contributed by atoms with E-state index in [4.69, 9.17) is 4.74 Å². The summed E-state index contributed by atoms with van der Waals surface area (Å²) in [5.74, 6) is 0.535. The Kier molecular flexibility index (Phi) is 6.15. The van der Waals surface area contributed by atoms with Gasteiger partial charge in [-0.05, 0) is 49.1 Å². The van der Waals surface area contributed by atoms with Gasteiger partial charge in [-0.3, -0.25) is 4.79 Å². The predicted molar refractivity (Wildman–Crippen MR) is 108 cm³/mol. The number of nitrogens with one attached hydrogen (secondary N) is 1. The summed E-state index contributed by atoms with van der Waals surface area (Å²) in [7, 11) is 0. The first-order chi connectivity index (χ1) is 12.5. The van der Waals surface area contributed by atoms with Gasteiger partial charge in [0, 0.05) is 18.6 Å². The molecule has 1 aromatic heterocycles. The summed E-state index contributed by atoms with van der Waals surface area (Å²) < 4.78 is 6.04. The summed E-state index contributed by atoms with van der Waals surface area (Å²) in [6.07, 6.45) is 3.24. The van der Waals surface area contributed by atoms with Gasteiger partial charge in [-0.2, -0.15) is 0 Å². The number of carbonyl (C=O) groups is 1. The van der Waals surface area contributed by atoms with Crippen LogP contribution >= 0.6 is 11.3 Å². The van der Waals surface area contributed by atoms with E-state index >= 15 is 0 Å². The van der Waals surface area contributed by atoms with Crippen molar-refractivity contribution in [2.24, 2.45) is 5.92 Å². The van der Waals surface area contributed by atoms with Crippen molar-refractivity contribution in [2.75, 3.05) is 13.2 Å². The summed E-state index contributed by atoms with van der Waals surface area (Å²) >= 11 is 1.49. The van der Waals surface area contributed by atoms with Crippen molar-refractivity contribution < 1.29 is 9.53 Å². The van der Waals surface area contributed by atoms with Crippen LogP contribution in [0.15, 0.2) is 41.8 Å². The average molecular weight is 372 g/mol. The topological polar surface area (TPSA) is 38.3 Å². The third kappa shape index (κ3) is 4.36. The van der Waals surface area contributed by atoms with E-state index in [0.29, 0.717) is 12.5 Å². The third-order valence-electron chi connectivity index (χ3n) is 5.55. The number of hydrogen-bond acceptors (Lipinski definition) is 3. The molecule has 2 heterocycles. The first kappa shape index (κ1) is 19.1. The maximum Gasteiger partial charge on any atom is 0.261 e. The SMILES string of the molecule is Cc1ccc([C@@]2(CCNC(=O)c3cccs3)CCO[C@@H](C(C)C)C2)cc1. The normalized spacial score (nSPS) is 23.2. The lowest BCUT2D eigenvalue weighted by Crippen LogP contribution is -2.43. The fraction of sp³-hybridized carbons (Fsp3) is 0.500. The molecule has 1 fully saturated rings. The van der Waals surface area contributed by atoms with E-state index in [1.54, 1.807) is 0 Å². The minimum atomic E-state index is 0.0338. The van der Waals surface area contributed by atoms with Crippen LogP contribution in [-0.4, -0.2) is 25.2 Å². The highest BCUT2D eigenvalue weighted by Gasteiger charge is 2.39. The van der Waals surface area contributed by atoms with Gasteiger partial charge in [0.15, 0.2) is 0 Å². The fourth-order valence-corrected chi connectivity index (χ4v) is 4.47. The van der Waals surface area contributed by atoms with Crippen LogP contribution in [0.3, 0.4) is 0 Å². The Morgan fingerprint density at radius 3 is 2.73 bits per heavy atom. The monoisotopic (exact) mass is 371 g/mol. The van der Waals surface area contributed by atoms with Gasteiger partial charge in [0.25, 0.3) is 5.91 Å². The number of aryl methyl sites for hydroxylation is 1. The molecule has 1 aliphatic rings. The molecule has 2 atom stereocenters. The molecule has 0 unspecified atom stereocenters. The maximum atomic E-state index is 12.3.